The molecule has 0 amide bonds. The van der Waals surface area contributed by atoms with E-state index in [1.165, 1.54) is 23.2 Å². The minimum Gasteiger partial charge on any atom is -0.384 e. The molecule has 0 unspecified atom stereocenters. The molecule has 0 radical (unpaired) electrons. The van der Waals surface area contributed by atoms with Crippen molar-refractivity contribution in [1.29, 1.82) is 0 Å². The van der Waals surface area contributed by atoms with Gasteiger partial charge in [-0.1, -0.05) is 31.5 Å². The lowest BCUT2D eigenvalue weighted by molar-refractivity contribution is 1.10. The molecule has 0 fully saturated rings. The third kappa shape index (κ3) is 1.79. The molecule has 0 spiro atoms. The van der Waals surface area contributed by atoms with Gasteiger partial charge in [0.15, 0.2) is 0 Å². The van der Waals surface area contributed by atoms with Crippen LogP contribution >= 0.6 is 0 Å². The van der Waals surface area contributed by atoms with E-state index in [0.29, 0.717) is 0 Å². The zero-order valence-electron chi connectivity index (χ0n) is 8.15. The zero-order chi connectivity index (χ0) is 8.97. The van der Waals surface area contributed by atoms with Crippen molar-refractivity contribution in [2.24, 2.45) is 0 Å². The van der Waals surface area contributed by atoms with Crippen molar-refractivity contribution in [3.05, 3.63) is 29.3 Å². The summed E-state index contributed by atoms with van der Waals surface area (Å²) >= 11 is 0. The van der Waals surface area contributed by atoms with E-state index in [1.807, 2.05) is 13.8 Å². The van der Waals surface area contributed by atoms with Gasteiger partial charge in [-0.2, -0.15) is 0 Å². The molecule has 1 aliphatic rings. The van der Waals surface area contributed by atoms with Crippen molar-refractivity contribution in [1.82, 2.24) is 0 Å². The van der Waals surface area contributed by atoms with Crippen molar-refractivity contribution < 1.29 is 0 Å². The highest BCUT2D eigenvalue weighted by molar-refractivity contribution is 5.56. The van der Waals surface area contributed by atoms with Crippen LogP contribution in [0.1, 0.15) is 25.0 Å². The number of rotatable bonds is 0. The second kappa shape index (κ2) is 4.15. The Balaban J connectivity index is 0.000000336. The van der Waals surface area contributed by atoms with Crippen LogP contribution < -0.4 is 5.32 Å². The average Bonchev–Trinajstić information content (AvgIpc) is 2.54. The Labute approximate surface area is 74.8 Å². The van der Waals surface area contributed by atoms with E-state index < -0.39 is 0 Å². The maximum absolute atomic E-state index is 3.33. The zero-order valence-corrected chi connectivity index (χ0v) is 8.15. The first kappa shape index (κ1) is 9.11. The van der Waals surface area contributed by atoms with Gasteiger partial charge in [-0.05, 0) is 25.0 Å². The predicted octanol–water partition coefficient (Wildman–Crippen LogP) is 2.99. The number of fused-ring (bicyclic) bond motifs is 1. The molecule has 1 N–H and O–H groups in total. The lowest BCUT2D eigenvalue weighted by Crippen LogP contribution is -1.90. The first-order valence-corrected chi connectivity index (χ1v) is 4.70. The number of hydrogen-bond donors (Lipinski definition) is 1. The smallest absolute Gasteiger partial charge is 0.0373 e. The Morgan fingerprint density at radius 2 is 2.00 bits per heavy atom. The molecule has 1 aromatic rings. The van der Waals surface area contributed by atoms with Gasteiger partial charge in [0.1, 0.15) is 0 Å². The Kier molecular flexibility index (Phi) is 3.15. The van der Waals surface area contributed by atoms with Crippen LogP contribution in [0.2, 0.25) is 0 Å². The molecule has 1 aromatic carbocycles. The van der Waals surface area contributed by atoms with Crippen LogP contribution in [0.4, 0.5) is 5.69 Å². The number of hydrogen-bond acceptors (Lipinski definition) is 1. The summed E-state index contributed by atoms with van der Waals surface area (Å²) in [4.78, 5) is 0. The molecule has 2 rings (SSSR count). The standard InChI is InChI=1S/C9H11N.C2H6/c1-7-2-3-9-8(6-7)4-5-10-9;1-2/h2-3,6,10H,4-5H2,1H3;1-2H3. The number of anilines is 1. The minimum atomic E-state index is 1.11. The fourth-order valence-electron chi connectivity index (χ4n) is 1.43. The molecule has 1 aliphatic heterocycles. The van der Waals surface area contributed by atoms with Crippen molar-refractivity contribution in [3.63, 3.8) is 0 Å². The van der Waals surface area contributed by atoms with Gasteiger partial charge in [-0.15, -0.1) is 0 Å². The summed E-state index contributed by atoms with van der Waals surface area (Å²) in [5, 5.41) is 3.33. The summed E-state index contributed by atoms with van der Waals surface area (Å²) in [6, 6.07) is 6.57. The third-order valence-electron chi connectivity index (χ3n) is 1.97. The van der Waals surface area contributed by atoms with E-state index in [1.54, 1.807) is 0 Å². The van der Waals surface area contributed by atoms with Crippen molar-refractivity contribution in [2.45, 2.75) is 27.2 Å². The van der Waals surface area contributed by atoms with Gasteiger partial charge in [0.05, 0.1) is 0 Å². The Morgan fingerprint density at radius 3 is 2.75 bits per heavy atom. The summed E-state index contributed by atoms with van der Waals surface area (Å²) in [5.74, 6) is 0. The van der Waals surface area contributed by atoms with Gasteiger partial charge in [-0.3, -0.25) is 0 Å². The molecule has 66 valence electrons. The lowest BCUT2D eigenvalue weighted by atomic mass is 10.1. The van der Waals surface area contributed by atoms with E-state index in [9.17, 15) is 0 Å². The lowest BCUT2D eigenvalue weighted by Gasteiger charge is -1.98. The first-order chi connectivity index (χ1) is 5.86. The van der Waals surface area contributed by atoms with Gasteiger partial charge in [0.2, 0.25) is 0 Å². The second-order valence-corrected chi connectivity index (χ2v) is 2.84. The summed E-state index contributed by atoms with van der Waals surface area (Å²) in [5.41, 5.74) is 4.16. The topological polar surface area (TPSA) is 12.0 Å². The van der Waals surface area contributed by atoms with Crippen molar-refractivity contribution in [3.8, 4) is 0 Å². The van der Waals surface area contributed by atoms with Crippen LogP contribution in [0.25, 0.3) is 0 Å². The third-order valence-corrected chi connectivity index (χ3v) is 1.97. The summed E-state index contributed by atoms with van der Waals surface area (Å²) in [6.07, 6.45) is 1.19. The molecule has 0 atom stereocenters. The van der Waals surface area contributed by atoms with Crippen LogP contribution in [0.15, 0.2) is 18.2 Å². The highest BCUT2D eigenvalue weighted by Gasteiger charge is 2.07. The number of nitrogens with one attached hydrogen (secondary N) is 1. The largest absolute Gasteiger partial charge is 0.384 e. The predicted molar refractivity (Wildman–Crippen MR) is 54.7 cm³/mol. The molecule has 0 saturated heterocycles. The average molecular weight is 163 g/mol. The molecule has 1 heterocycles. The van der Waals surface area contributed by atoms with Crippen molar-refractivity contribution in [2.75, 3.05) is 11.9 Å². The van der Waals surface area contributed by atoms with Crippen LogP contribution in [0.5, 0.6) is 0 Å². The highest BCUT2D eigenvalue weighted by Crippen LogP contribution is 2.22. The van der Waals surface area contributed by atoms with Crippen molar-refractivity contribution >= 4 is 5.69 Å². The number of aryl methyl sites for hydroxylation is 1. The normalized spacial score (nSPS) is 12.6. The van der Waals surface area contributed by atoms with Gasteiger partial charge in [-0.25, -0.2) is 0 Å². The van der Waals surface area contributed by atoms with Crippen LogP contribution in [-0.2, 0) is 6.42 Å². The molecular formula is C11H17N. The summed E-state index contributed by atoms with van der Waals surface area (Å²) in [6.45, 7) is 7.25. The molecule has 1 heteroatoms. The molecule has 0 saturated carbocycles. The van der Waals surface area contributed by atoms with Gasteiger partial charge >= 0.3 is 0 Å². The van der Waals surface area contributed by atoms with Gasteiger partial charge in [0, 0.05) is 12.2 Å². The monoisotopic (exact) mass is 163 g/mol. The minimum absolute atomic E-state index is 1.11. The Bertz CT molecular complexity index is 253. The molecule has 1 nitrogen and oxygen atoms in total. The van der Waals surface area contributed by atoms with Crippen LogP contribution in [-0.4, -0.2) is 6.54 Å². The van der Waals surface area contributed by atoms with Gasteiger partial charge < -0.3 is 5.32 Å². The SMILES string of the molecule is CC.Cc1ccc2c(c1)CCN2. The maximum Gasteiger partial charge on any atom is 0.0373 e. The molecular weight excluding hydrogens is 146 g/mol. The molecule has 0 aromatic heterocycles. The quantitative estimate of drug-likeness (QED) is 0.620. The number of benzene rings is 1. The van der Waals surface area contributed by atoms with E-state index in [0.717, 1.165) is 6.54 Å². The second-order valence-electron chi connectivity index (χ2n) is 2.84. The van der Waals surface area contributed by atoms with E-state index in [2.05, 4.69) is 30.4 Å². The first-order valence-electron chi connectivity index (χ1n) is 4.70. The fourth-order valence-corrected chi connectivity index (χ4v) is 1.43. The highest BCUT2D eigenvalue weighted by atomic mass is 14.9. The fraction of sp³-hybridized carbons (Fsp3) is 0.455. The molecule has 0 bridgehead atoms. The van der Waals surface area contributed by atoms with Crippen LogP contribution in [0.3, 0.4) is 0 Å². The Morgan fingerprint density at radius 1 is 1.25 bits per heavy atom. The van der Waals surface area contributed by atoms with E-state index >= 15 is 0 Å². The Hall–Kier alpha value is -0.980. The summed E-state index contributed by atoms with van der Waals surface area (Å²) in [7, 11) is 0. The van der Waals surface area contributed by atoms with E-state index in [-0.39, 0.29) is 0 Å². The van der Waals surface area contributed by atoms with E-state index in [4.69, 9.17) is 0 Å². The van der Waals surface area contributed by atoms with Gasteiger partial charge in [0.25, 0.3) is 0 Å². The molecule has 12 heavy (non-hydrogen) atoms. The van der Waals surface area contributed by atoms with Crippen LogP contribution in [0, 0.1) is 6.92 Å². The summed E-state index contributed by atoms with van der Waals surface area (Å²) < 4.78 is 0. The maximum atomic E-state index is 3.33. The molecule has 0 aliphatic carbocycles.